The van der Waals surface area contributed by atoms with E-state index in [9.17, 15) is 39.0 Å². The molecule has 0 heterocycles. The molecule has 0 aliphatic carbocycles. The Bertz CT molecular complexity index is 1500. The highest BCUT2D eigenvalue weighted by atomic mass is 16.6. The maximum Gasteiger partial charge on any atom is 0.349 e. The predicted octanol–water partition coefficient (Wildman–Crippen LogP) is 23.8. The minimum Gasteiger partial charge on any atom is -0.478 e. The zero-order valence-electron chi connectivity index (χ0n) is 59.5. The van der Waals surface area contributed by atoms with Gasteiger partial charge in [0.15, 0.2) is 12.2 Å². The summed E-state index contributed by atoms with van der Waals surface area (Å²) >= 11 is 0. The molecule has 0 aliphatic rings. The quantitative estimate of drug-likeness (QED) is 0.0335. The summed E-state index contributed by atoms with van der Waals surface area (Å²) in [6, 6.07) is 0. The summed E-state index contributed by atoms with van der Waals surface area (Å²) in [5.41, 5.74) is 0. The van der Waals surface area contributed by atoms with Crippen LogP contribution in [0.15, 0.2) is 0 Å². The number of aliphatic carboxylic acids is 2. The average Bonchev–Trinajstić information content (AvgIpc) is 1.11. The van der Waals surface area contributed by atoms with Gasteiger partial charge in [-0.2, -0.15) is 0 Å². The number of carbonyl (C=O) groups excluding carboxylic acids is 4. The highest BCUT2D eigenvalue weighted by Gasteiger charge is 2.50. The summed E-state index contributed by atoms with van der Waals surface area (Å²) in [4.78, 5) is 81.6. The first-order valence-electron chi connectivity index (χ1n) is 39.3. The van der Waals surface area contributed by atoms with Crippen LogP contribution in [0.3, 0.4) is 0 Å². The van der Waals surface area contributed by atoms with E-state index in [2.05, 4.69) is 27.7 Å². The molecule has 12 nitrogen and oxygen atoms in total. The van der Waals surface area contributed by atoms with Gasteiger partial charge in [0.2, 0.25) is 12.2 Å². The molecule has 0 spiro atoms. The van der Waals surface area contributed by atoms with Crippen LogP contribution < -0.4 is 0 Å². The van der Waals surface area contributed by atoms with Crippen molar-refractivity contribution in [3.05, 3.63) is 0 Å². The Hall–Kier alpha value is -3.18. The number of carboxylic acids is 2. The van der Waals surface area contributed by atoms with Crippen molar-refractivity contribution in [2.24, 2.45) is 0 Å². The highest BCUT2D eigenvalue weighted by molar-refractivity contribution is 5.82. The predicted molar refractivity (Wildman–Crippen MR) is 373 cm³/mol. The van der Waals surface area contributed by atoms with Gasteiger partial charge in [-0.05, 0) is 25.7 Å². The largest absolute Gasteiger partial charge is 0.478 e. The van der Waals surface area contributed by atoms with Crippen LogP contribution in [0.25, 0.3) is 0 Å². The van der Waals surface area contributed by atoms with Gasteiger partial charge in [-0.25, -0.2) is 9.59 Å². The molecule has 0 aliphatic heterocycles. The lowest BCUT2D eigenvalue weighted by Gasteiger charge is -2.33. The number of ether oxygens (including phenoxy) is 4. The molecule has 0 saturated carbocycles. The molecule has 0 aromatic carbocycles. The molecule has 0 aromatic heterocycles. The maximum absolute atomic E-state index is 13.9. The molecule has 0 unspecified atom stereocenters. The molecular formula is C78H146O12. The van der Waals surface area contributed by atoms with Crippen LogP contribution in [0, 0.1) is 0 Å². The van der Waals surface area contributed by atoms with Gasteiger partial charge in [-0.15, -0.1) is 0 Å². The minimum absolute atomic E-state index is 0.109. The number of hydrogen-bond donors (Lipinski definition) is 2. The fraction of sp³-hybridized carbons (Fsp3) is 0.923. The third kappa shape index (κ3) is 58.6. The van der Waals surface area contributed by atoms with Gasteiger partial charge in [0.1, 0.15) is 0 Å². The second-order valence-electron chi connectivity index (χ2n) is 27.2. The van der Waals surface area contributed by atoms with Crippen molar-refractivity contribution in [1.29, 1.82) is 0 Å². The van der Waals surface area contributed by atoms with E-state index in [-0.39, 0.29) is 25.7 Å². The fourth-order valence-corrected chi connectivity index (χ4v) is 12.5. The van der Waals surface area contributed by atoms with Crippen LogP contribution in [0.4, 0.5) is 0 Å². The topological polar surface area (TPSA) is 180 Å². The Morgan fingerprint density at radius 3 is 0.456 bits per heavy atom. The Labute approximate surface area is 554 Å². The maximum atomic E-state index is 13.9. The lowest BCUT2D eigenvalue weighted by Crippen LogP contribution is -2.56. The van der Waals surface area contributed by atoms with Crippen molar-refractivity contribution in [1.82, 2.24) is 0 Å². The van der Waals surface area contributed by atoms with E-state index in [1.165, 1.54) is 257 Å². The van der Waals surface area contributed by atoms with Gasteiger partial charge in [0.25, 0.3) is 0 Å². The van der Waals surface area contributed by atoms with E-state index < -0.39 is 60.2 Å². The molecule has 12 heteroatoms. The van der Waals surface area contributed by atoms with Crippen molar-refractivity contribution in [2.75, 3.05) is 0 Å². The number of hydrogen-bond acceptors (Lipinski definition) is 10. The molecule has 0 fully saturated rings. The summed E-state index contributed by atoms with van der Waals surface area (Å²) in [6.45, 7) is 8.98. The third-order valence-corrected chi connectivity index (χ3v) is 18.4. The molecule has 0 saturated heterocycles. The molecule has 90 heavy (non-hydrogen) atoms. The van der Waals surface area contributed by atoms with E-state index in [0.29, 0.717) is 25.7 Å². The standard InChI is InChI=1S/C78H146O12/c1-5-9-13-17-21-25-29-33-37-41-45-49-53-57-61-65-69(79)87-73(75(77(83)84)89-71(81)67-63-59-55-51-47-43-39-35-31-27-23-19-15-11-7-3)74(88-70(80)66-62-58-54-50-46-42-38-34-30-26-22-18-14-10-6-2)76(78(85)86)90-72(82)68-64-60-56-52-48-44-40-36-32-28-24-20-16-12-8-4/h73-76H,5-68H2,1-4H3,(H,83,84)(H,85,86)/t73-,74+,75+,76-. The van der Waals surface area contributed by atoms with Crippen LogP contribution in [0.1, 0.15) is 439 Å². The van der Waals surface area contributed by atoms with E-state index in [1.807, 2.05) is 0 Å². The van der Waals surface area contributed by atoms with Crippen LogP contribution in [-0.4, -0.2) is 70.4 Å². The Kier molecular flexibility index (Phi) is 66.2. The first-order valence-corrected chi connectivity index (χ1v) is 39.3. The van der Waals surface area contributed by atoms with Gasteiger partial charge in [-0.1, -0.05) is 387 Å². The third-order valence-electron chi connectivity index (χ3n) is 18.4. The molecule has 4 atom stereocenters. The van der Waals surface area contributed by atoms with Crippen LogP contribution in [0.5, 0.6) is 0 Å². The lowest BCUT2D eigenvalue weighted by molar-refractivity contribution is -0.209. The van der Waals surface area contributed by atoms with E-state index in [0.717, 1.165) is 103 Å². The summed E-state index contributed by atoms with van der Waals surface area (Å²) in [7, 11) is 0. The average molecular weight is 1280 g/mol. The second kappa shape index (κ2) is 68.7. The fourth-order valence-electron chi connectivity index (χ4n) is 12.5. The summed E-state index contributed by atoms with van der Waals surface area (Å²) in [5, 5.41) is 21.6. The Balaban J connectivity index is 6.03. The van der Waals surface area contributed by atoms with Crippen molar-refractivity contribution in [3.8, 4) is 0 Å². The van der Waals surface area contributed by atoms with Gasteiger partial charge < -0.3 is 29.2 Å². The normalized spacial score (nSPS) is 12.8. The zero-order chi connectivity index (χ0) is 65.9. The summed E-state index contributed by atoms with van der Waals surface area (Å²) in [6.07, 6.45) is 59.0. The number of carbonyl (C=O) groups is 6. The number of unbranched alkanes of at least 4 members (excludes halogenated alkanes) is 56. The second-order valence-corrected chi connectivity index (χ2v) is 27.2. The van der Waals surface area contributed by atoms with Crippen molar-refractivity contribution in [2.45, 2.75) is 463 Å². The molecular weight excluding hydrogens is 1130 g/mol. The Morgan fingerprint density at radius 1 is 0.200 bits per heavy atom. The molecule has 0 radical (unpaired) electrons. The van der Waals surface area contributed by atoms with E-state index in [1.54, 1.807) is 0 Å². The van der Waals surface area contributed by atoms with Crippen molar-refractivity contribution >= 4 is 35.8 Å². The molecule has 2 N–H and O–H groups in total. The Morgan fingerprint density at radius 2 is 0.322 bits per heavy atom. The first-order chi connectivity index (χ1) is 44.0. The van der Waals surface area contributed by atoms with E-state index in [4.69, 9.17) is 18.9 Å². The minimum atomic E-state index is -2.25. The van der Waals surface area contributed by atoms with Crippen LogP contribution in [0.2, 0.25) is 0 Å². The molecule has 0 amide bonds. The van der Waals surface area contributed by atoms with E-state index >= 15 is 0 Å². The molecule has 530 valence electrons. The number of esters is 4. The number of rotatable bonds is 73. The smallest absolute Gasteiger partial charge is 0.349 e. The van der Waals surface area contributed by atoms with Crippen molar-refractivity contribution in [3.63, 3.8) is 0 Å². The van der Waals surface area contributed by atoms with Gasteiger partial charge in [0, 0.05) is 25.7 Å². The van der Waals surface area contributed by atoms with Gasteiger partial charge >= 0.3 is 35.8 Å². The zero-order valence-corrected chi connectivity index (χ0v) is 59.5. The van der Waals surface area contributed by atoms with Crippen molar-refractivity contribution < 1.29 is 57.9 Å². The molecule has 0 rings (SSSR count). The lowest BCUT2D eigenvalue weighted by atomic mass is 10.0. The molecule has 0 aromatic rings. The monoisotopic (exact) mass is 1280 g/mol. The van der Waals surface area contributed by atoms with Crippen LogP contribution in [-0.2, 0) is 47.7 Å². The first kappa shape index (κ1) is 86.8. The number of carboxylic acid groups (broad SMARTS) is 2. The summed E-state index contributed by atoms with van der Waals surface area (Å²) < 4.78 is 23.1. The SMILES string of the molecule is CCCCCCCCCCCCCCCCCC(=O)O[C@H]([C@H](OC(=O)CCCCCCCCCCCCCCCCC)[C@@H](OC(=O)CCCCCCCCCCCCCCCCC)C(=O)O)[C@H](OC(=O)CCCCCCCCCCCCCCCCC)C(=O)O. The van der Waals surface area contributed by atoms with Crippen LogP contribution >= 0.6 is 0 Å². The van der Waals surface area contributed by atoms with Gasteiger partial charge in [0.05, 0.1) is 0 Å². The van der Waals surface area contributed by atoms with Gasteiger partial charge in [-0.3, -0.25) is 19.2 Å². The summed E-state index contributed by atoms with van der Waals surface area (Å²) in [5.74, 6) is -6.84. The molecule has 0 bridgehead atoms. The highest BCUT2D eigenvalue weighted by Crippen LogP contribution is 2.25.